The molecule has 0 aromatic carbocycles. The molecule has 0 amide bonds. The Morgan fingerprint density at radius 3 is 2.56 bits per heavy atom. The molecule has 0 aromatic heterocycles. The zero-order chi connectivity index (χ0) is 12.1. The SMILES string of the molecule is CCOC(=O)C(C)N1CCC(C(N)=S)CC1. The van der Waals surface area contributed by atoms with Crippen LogP contribution in [0.3, 0.4) is 0 Å². The summed E-state index contributed by atoms with van der Waals surface area (Å²) < 4.78 is 5.00. The van der Waals surface area contributed by atoms with Gasteiger partial charge in [0.1, 0.15) is 6.04 Å². The van der Waals surface area contributed by atoms with Crippen molar-refractivity contribution in [3.05, 3.63) is 0 Å². The van der Waals surface area contributed by atoms with E-state index in [4.69, 9.17) is 22.7 Å². The first-order chi connectivity index (χ1) is 7.56. The topological polar surface area (TPSA) is 55.6 Å². The Morgan fingerprint density at radius 2 is 2.12 bits per heavy atom. The van der Waals surface area contributed by atoms with Crippen LogP contribution in [0.4, 0.5) is 0 Å². The molecule has 1 fully saturated rings. The van der Waals surface area contributed by atoms with Gasteiger partial charge in [0.15, 0.2) is 0 Å². The van der Waals surface area contributed by atoms with Crippen LogP contribution in [0.15, 0.2) is 0 Å². The van der Waals surface area contributed by atoms with Gasteiger partial charge in [0.25, 0.3) is 0 Å². The molecular weight excluding hydrogens is 224 g/mol. The molecule has 1 aliphatic rings. The highest BCUT2D eigenvalue weighted by molar-refractivity contribution is 7.80. The van der Waals surface area contributed by atoms with Gasteiger partial charge in [-0.25, -0.2) is 0 Å². The third-order valence-corrected chi connectivity index (χ3v) is 3.44. The number of rotatable bonds is 4. The number of carbonyl (C=O) groups is 1. The van der Waals surface area contributed by atoms with Crippen LogP contribution in [-0.4, -0.2) is 41.6 Å². The second-order valence-electron chi connectivity index (χ2n) is 4.14. The highest BCUT2D eigenvalue weighted by Gasteiger charge is 2.28. The van der Waals surface area contributed by atoms with Crippen LogP contribution in [0.25, 0.3) is 0 Å². The van der Waals surface area contributed by atoms with Gasteiger partial charge in [-0.2, -0.15) is 0 Å². The van der Waals surface area contributed by atoms with E-state index in [0.717, 1.165) is 25.9 Å². The van der Waals surface area contributed by atoms with E-state index in [0.29, 0.717) is 17.5 Å². The summed E-state index contributed by atoms with van der Waals surface area (Å²) >= 11 is 4.98. The Kier molecular flexibility index (Phi) is 5.15. The van der Waals surface area contributed by atoms with Crippen LogP contribution in [0, 0.1) is 5.92 Å². The number of ether oxygens (including phenoxy) is 1. The van der Waals surface area contributed by atoms with Crippen molar-refractivity contribution in [3.63, 3.8) is 0 Å². The maximum atomic E-state index is 11.5. The standard InChI is InChI=1S/C11H20N2O2S/c1-3-15-11(14)8(2)13-6-4-9(5-7-13)10(12)16/h8-9H,3-7H2,1-2H3,(H2,12,16). The Bertz CT molecular complexity index is 263. The van der Waals surface area contributed by atoms with E-state index < -0.39 is 0 Å². The van der Waals surface area contributed by atoms with Crippen LogP contribution in [0.1, 0.15) is 26.7 Å². The van der Waals surface area contributed by atoms with Crippen molar-refractivity contribution in [1.29, 1.82) is 0 Å². The molecule has 16 heavy (non-hydrogen) atoms. The van der Waals surface area contributed by atoms with Gasteiger partial charge < -0.3 is 10.5 Å². The van der Waals surface area contributed by atoms with Crippen LogP contribution >= 0.6 is 12.2 Å². The maximum absolute atomic E-state index is 11.5. The molecule has 1 aliphatic heterocycles. The molecule has 1 unspecified atom stereocenters. The quantitative estimate of drug-likeness (QED) is 0.589. The van der Waals surface area contributed by atoms with E-state index in [-0.39, 0.29) is 12.0 Å². The molecule has 1 saturated heterocycles. The average Bonchev–Trinajstić information content (AvgIpc) is 2.28. The molecule has 0 aliphatic carbocycles. The van der Waals surface area contributed by atoms with Crippen molar-refractivity contribution in [2.75, 3.05) is 19.7 Å². The normalized spacial score (nSPS) is 20.4. The molecule has 1 heterocycles. The van der Waals surface area contributed by atoms with E-state index in [1.807, 2.05) is 13.8 Å². The smallest absolute Gasteiger partial charge is 0.323 e. The second-order valence-corrected chi connectivity index (χ2v) is 4.61. The van der Waals surface area contributed by atoms with E-state index in [9.17, 15) is 4.79 Å². The number of esters is 1. The minimum atomic E-state index is -0.160. The average molecular weight is 244 g/mol. The Labute approximate surface area is 102 Å². The lowest BCUT2D eigenvalue weighted by atomic mass is 9.96. The third-order valence-electron chi connectivity index (χ3n) is 3.11. The maximum Gasteiger partial charge on any atom is 0.323 e. The monoisotopic (exact) mass is 244 g/mol. The molecular formula is C11H20N2O2S. The number of thiocarbonyl (C=S) groups is 1. The summed E-state index contributed by atoms with van der Waals surface area (Å²) in [6.45, 7) is 5.87. The van der Waals surface area contributed by atoms with E-state index >= 15 is 0 Å². The zero-order valence-electron chi connectivity index (χ0n) is 9.94. The number of carbonyl (C=O) groups excluding carboxylic acids is 1. The van der Waals surface area contributed by atoms with Crippen molar-refractivity contribution < 1.29 is 9.53 Å². The van der Waals surface area contributed by atoms with Gasteiger partial charge in [-0.1, -0.05) is 12.2 Å². The van der Waals surface area contributed by atoms with Gasteiger partial charge >= 0.3 is 5.97 Å². The molecule has 0 radical (unpaired) electrons. The number of hydrogen-bond acceptors (Lipinski definition) is 4. The van der Waals surface area contributed by atoms with E-state index in [1.54, 1.807) is 0 Å². The summed E-state index contributed by atoms with van der Waals surface area (Å²) in [7, 11) is 0. The fourth-order valence-corrected chi connectivity index (χ4v) is 2.22. The first-order valence-corrected chi connectivity index (χ1v) is 6.17. The molecule has 2 N–H and O–H groups in total. The van der Waals surface area contributed by atoms with Gasteiger partial charge in [-0.15, -0.1) is 0 Å². The summed E-state index contributed by atoms with van der Waals surface area (Å²) in [5.74, 6) is 0.192. The molecule has 0 bridgehead atoms. The van der Waals surface area contributed by atoms with Crippen LogP contribution < -0.4 is 5.73 Å². The molecule has 1 atom stereocenters. The minimum Gasteiger partial charge on any atom is -0.465 e. The molecule has 1 rings (SSSR count). The van der Waals surface area contributed by atoms with Gasteiger partial charge in [-0.05, 0) is 39.8 Å². The number of nitrogens with zero attached hydrogens (tertiary/aromatic N) is 1. The first-order valence-electron chi connectivity index (χ1n) is 5.76. The molecule has 92 valence electrons. The molecule has 4 nitrogen and oxygen atoms in total. The fourth-order valence-electron chi connectivity index (χ4n) is 1.98. The van der Waals surface area contributed by atoms with Crippen molar-refractivity contribution in [2.45, 2.75) is 32.7 Å². The molecule has 0 saturated carbocycles. The summed E-state index contributed by atoms with van der Waals surface area (Å²) in [6, 6.07) is -0.160. The number of hydrogen-bond donors (Lipinski definition) is 1. The van der Waals surface area contributed by atoms with Crippen LogP contribution in [-0.2, 0) is 9.53 Å². The van der Waals surface area contributed by atoms with E-state index in [1.165, 1.54) is 0 Å². The predicted octanol–water partition coefficient (Wildman–Crippen LogP) is 0.936. The molecule has 0 spiro atoms. The Balaban J connectivity index is 2.41. The lowest BCUT2D eigenvalue weighted by Crippen LogP contribution is -2.46. The summed E-state index contributed by atoms with van der Waals surface area (Å²) in [6.07, 6.45) is 1.89. The van der Waals surface area contributed by atoms with Crippen molar-refractivity contribution in [1.82, 2.24) is 4.90 Å². The van der Waals surface area contributed by atoms with Crippen LogP contribution in [0.2, 0.25) is 0 Å². The zero-order valence-corrected chi connectivity index (χ0v) is 10.8. The van der Waals surface area contributed by atoms with Gasteiger partial charge in [0.2, 0.25) is 0 Å². The number of likely N-dealkylation sites (tertiary alicyclic amines) is 1. The van der Waals surface area contributed by atoms with E-state index in [2.05, 4.69) is 4.90 Å². The lowest BCUT2D eigenvalue weighted by Gasteiger charge is -2.34. The third kappa shape index (κ3) is 3.42. The minimum absolute atomic E-state index is 0.142. The number of piperidine rings is 1. The van der Waals surface area contributed by atoms with Gasteiger partial charge in [-0.3, -0.25) is 9.69 Å². The summed E-state index contributed by atoms with van der Waals surface area (Å²) in [5.41, 5.74) is 5.62. The van der Waals surface area contributed by atoms with Crippen molar-refractivity contribution >= 4 is 23.2 Å². The highest BCUT2D eigenvalue weighted by atomic mass is 32.1. The van der Waals surface area contributed by atoms with Crippen LogP contribution in [0.5, 0.6) is 0 Å². The van der Waals surface area contributed by atoms with Gasteiger partial charge in [0, 0.05) is 5.92 Å². The predicted molar refractivity (Wildman–Crippen MR) is 67.2 cm³/mol. The molecule has 5 heteroatoms. The first kappa shape index (κ1) is 13.4. The Hall–Kier alpha value is -0.680. The van der Waals surface area contributed by atoms with Gasteiger partial charge in [0.05, 0.1) is 11.6 Å². The Morgan fingerprint density at radius 1 is 1.56 bits per heavy atom. The second kappa shape index (κ2) is 6.15. The lowest BCUT2D eigenvalue weighted by molar-refractivity contribution is -0.149. The van der Waals surface area contributed by atoms with Crippen molar-refractivity contribution in [2.24, 2.45) is 11.7 Å². The summed E-state index contributed by atoms with van der Waals surface area (Å²) in [4.78, 5) is 14.3. The highest BCUT2D eigenvalue weighted by Crippen LogP contribution is 2.19. The van der Waals surface area contributed by atoms with Crippen molar-refractivity contribution in [3.8, 4) is 0 Å². The molecule has 0 aromatic rings. The fraction of sp³-hybridized carbons (Fsp3) is 0.818. The number of nitrogens with two attached hydrogens (primary N) is 1. The summed E-state index contributed by atoms with van der Waals surface area (Å²) in [5, 5.41) is 0. The largest absolute Gasteiger partial charge is 0.465 e.